The van der Waals surface area contributed by atoms with Crippen molar-refractivity contribution in [2.45, 2.75) is 33.7 Å². The zero-order chi connectivity index (χ0) is 16.6. The van der Waals surface area contributed by atoms with Crippen molar-refractivity contribution < 1.29 is 4.79 Å². The Morgan fingerprint density at radius 1 is 1.30 bits per heavy atom. The van der Waals surface area contributed by atoms with Gasteiger partial charge in [-0.05, 0) is 25.8 Å². The zero-order valence-corrected chi connectivity index (χ0v) is 14.5. The molecule has 3 aromatic heterocycles. The lowest BCUT2D eigenvalue weighted by Gasteiger charge is -2.05. The molecule has 0 saturated heterocycles. The van der Waals surface area contributed by atoms with Crippen molar-refractivity contribution in [1.29, 1.82) is 0 Å². The average molecular weight is 349 g/mol. The standard InChI is InChI=1S/C14H15N5O2S2/c1-4-10-17-18-14(23-10)16-9(20)5-19-6-15-12-11(13(19)21)7(2)8(3)22-12/h6H,4-5H2,1-3H3,(H,16,18,20). The summed E-state index contributed by atoms with van der Waals surface area (Å²) in [6.07, 6.45) is 2.18. The van der Waals surface area contributed by atoms with Gasteiger partial charge in [-0.15, -0.1) is 21.5 Å². The molecule has 23 heavy (non-hydrogen) atoms. The first-order valence-electron chi connectivity index (χ1n) is 7.07. The Bertz CT molecular complexity index is 940. The molecule has 0 spiro atoms. The zero-order valence-electron chi connectivity index (χ0n) is 12.9. The van der Waals surface area contributed by atoms with E-state index in [1.54, 1.807) is 0 Å². The van der Waals surface area contributed by atoms with Gasteiger partial charge < -0.3 is 0 Å². The molecule has 1 amide bonds. The van der Waals surface area contributed by atoms with E-state index in [1.807, 2.05) is 20.8 Å². The van der Waals surface area contributed by atoms with Gasteiger partial charge in [-0.3, -0.25) is 19.5 Å². The monoisotopic (exact) mass is 349 g/mol. The summed E-state index contributed by atoms with van der Waals surface area (Å²) in [4.78, 5) is 30.7. The minimum atomic E-state index is -0.323. The summed E-state index contributed by atoms with van der Waals surface area (Å²) < 4.78 is 1.32. The van der Waals surface area contributed by atoms with E-state index in [4.69, 9.17) is 0 Å². The SMILES string of the molecule is CCc1nnc(NC(=O)Cn2cnc3sc(C)c(C)c3c2=O)s1. The number of carbonyl (C=O) groups is 1. The van der Waals surface area contributed by atoms with Crippen LogP contribution in [0, 0.1) is 13.8 Å². The second-order valence-corrected chi connectivity index (χ2v) is 7.31. The van der Waals surface area contributed by atoms with Crippen LogP contribution in [0.2, 0.25) is 0 Å². The third-order valence-electron chi connectivity index (χ3n) is 3.49. The van der Waals surface area contributed by atoms with Gasteiger partial charge in [-0.25, -0.2) is 4.98 Å². The van der Waals surface area contributed by atoms with E-state index in [9.17, 15) is 9.59 Å². The predicted octanol–water partition coefficient (Wildman–Crippen LogP) is 2.13. The lowest BCUT2D eigenvalue weighted by molar-refractivity contribution is -0.116. The van der Waals surface area contributed by atoms with Crippen molar-refractivity contribution in [3.8, 4) is 0 Å². The quantitative estimate of drug-likeness (QED) is 0.779. The second kappa shape index (κ2) is 6.17. The highest BCUT2D eigenvalue weighted by Crippen LogP contribution is 2.25. The molecule has 0 aromatic carbocycles. The minimum Gasteiger partial charge on any atom is -0.299 e. The van der Waals surface area contributed by atoms with Gasteiger partial charge in [0.1, 0.15) is 16.4 Å². The van der Waals surface area contributed by atoms with Crippen LogP contribution in [0.15, 0.2) is 11.1 Å². The fraction of sp³-hybridized carbons (Fsp3) is 0.357. The molecule has 120 valence electrons. The summed E-state index contributed by atoms with van der Waals surface area (Å²) >= 11 is 2.82. The smallest absolute Gasteiger partial charge is 0.262 e. The fourth-order valence-electron chi connectivity index (χ4n) is 2.14. The minimum absolute atomic E-state index is 0.100. The van der Waals surface area contributed by atoms with Crippen molar-refractivity contribution in [3.63, 3.8) is 0 Å². The molecule has 0 fully saturated rings. The van der Waals surface area contributed by atoms with E-state index in [0.29, 0.717) is 15.3 Å². The highest BCUT2D eigenvalue weighted by molar-refractivity contribution is 7.18. The Balaban J connectivity index is 1.83. The third kappa shape index (κ3) is 3.02. The Hall–Kier alpha value is -2.13. The summed E-state index contributed by atoms with van der Waals surface area (Å²) in [7, 11) is 0. The maximum atomic E-state index is 12.5. The van der Waals surface area contributed by atoms with Gasteiger partial charge in [0, 0.05) is 4.88 Å². The molecule has 0 radical (unpaired) electrons. The third-order valence-corrected chi connectivity index (χ3v) is 5.58. The van der Waals surface area contributed by atoms with Crippen LogP contribution in [0.4, 0.5) is 5.13 Å². The molecule has 0 aliphatic rings. The molecule has 1 N–H and O–H groups in total. The summed E-state index contributed by atoms with van der Waals surface area (Å²) in [5.74, 6) is -0.323. The number of amides is 1. The van der Waals surface area contributed by atoms with Gasteiger partial charge in [0.15, 0.2) is 0 Å². The molecule has 3 rings (SSSR count). The number of hydrogen-bond donors (Lipinski definition) is 1. The van der Waals surface area contributed by atoms with Gasteiger partial charge >= 0.3 is 0 Å². The summed E-state index contributed by atoms with van der Waals surface area (Å²) in [6.45, 7) is 5.73. The molecule has 0 atom stereocenters. The summed E-state index contributed by atoms with van der Waals surface area (Å²) in [5.41, 5.74) is 0.729. The maximum absolute atomic E-state index is 12.5. The largest absolute Gasteiger partial charge is 0.299 e. The van der Waals surface area contributed by atoms with Crippen molar-refractivity contribution in [2.75, 3.05) is 5.32 Å². The van der Waals surface area contributed by atoms with E-state index in [2.05, 4.69) is 20.5 Å². The Morgan fingerprint density at radius 3 is 2.78 bits per heavy atom. The van der Waals surface area contributed by atoms with Gasteiger partial charge in [-0.2, -0.15) is 0 Å². The molecule has 0 saturated carbocycles. The molecular formula is C14H15N5O2S2. The topological polar surface area (TPSA) is 89.8 Å². The van der Waals surface area contributed by atoms with E-state index >= 15 is 0 Å². The molecule has 3 heterocycles. The number of rotatable bonds is 4. The lowest BCUT2D eigenvalue weighted by atomic mass is 10.2. The normalized spacial score (nSPS) is 11.1. The van der Waals surface area contributed by atoms with Crippen LogP contribution in [0.1, 0.15) is 22.4 Å². The van der Waals surface area contributed by atoms with Crippen LogP contribution in [0.25, 0.3) is 10.2 Å². The molecule has 0 unspecified atom stereocenters. The van der Waals surface area contributed by atoms with Crippen molar-refractivity contribution in [3.05, 3.63) is 32.1 Å². The van der Waals surface area contributed by atoms with Crippen molar-refractivity contribution in [2.24, 2.45) is 0 Å². The molecule has 7 nitrogen and oxygen atoms in total. The van der Waals surface area contributed by atoms with E-state index in [0.717, 1.165) is 21.9 Å². The van der Waals surface area contributed by atoms with Crippen molar-refractivity contribution in [1.82, 2.24) is 19.7 Å². The second-order valence-electron chi connectivity index (χ2n) is 5.04. The molecule has 0 bridgehead atoms. The van der Waals surface area contributed by atoms with Gasteiger partial charge in [-0.1, -0.05) is 18.3 Å². The first-order valence-corrected chi connectivity index (χ1v) is 8.70. The van der Waals surface area contributed by atoms with Crippen LogP contribution >= 0.6 is 22.7 Å². The Morgan fingerprint density at radius 2 is 2.09 bits per heavy atom. The van der Waals surface area contributed by atoms with Crippen molar-refractivity contribution >= 4 is 43.9 Å². The number of carbonyl (C=O) groups excluding carboxylic acids is 1. The first kappa shape index (κ1) is 15.8. The van der Waals surface area contributed by atoms with Crippen LogP contribution in [0.5, 0.6) is 0 Å². The number of fused-ring (bicyclic) bond motifs is 1. The number of aromatic nitrogens is 4. The number of thiophene rings is 1. The maximum Gasteiger partial charge on any atom is 0.262 e. The Labute approximate surface area is 140 Å². The highest BCUT2D eigenvalue weighted by Gasteiger charge is 2.14. The van der Waals surface area contributed by atoms with Gasteiger partial charge in [0.2, 0.25) is 11.0 Å². The first-order chi connectivity index (χ1) is 11.0. The number of nitrogens with one attached hydrogen (secondary N) is 1. The molecule has 0 aliphatic heterocycles. The van der Waals surface area contributed by atoms with Crippen LogP contribution in [-0.4, -0.2) is 25.7 Å². The molecule has 0 aliphatic carbocycles. The lowest BCUT2D eigenvalue weighted by Crippen LogP contribution is -2.27. The van der Waals surface area contributed by atoms with Crippen LogP contribution < -0.4 is 10.9 Å². The van der Waals surface area contributed by atoms with Gasteiger partial charge in [0.05, 0.1) is 11.7 Å². The molecule has 3 aromatic rings. The number of hydrogen-bond acceptors (Lipinski definition) is 7. The van der Waals surface area contributed by atoms with Gasteiger partial charge in [0.25, 0.3) is 5.56 Å². The molecular weight excluding hydrogens is 334 g/mol. The molecule has 9 heteroatoms. The number of anilines is 1. The number of aryl methyl sites for hydroxylation is 3. The van der Waals surface area contributed by atoms with E-state index < -0.39 is 0 Å². The van der Waals surface area contributed by atoms with Crippen LogP contribution in [0.3, 0.4) is 0 Å². The Kier molecular flexibility index (Phi) is 4.22. The number of nitrogens with zero attached hydrogens (tertiary/aromatic N) is 4. The summed E-state index contributed by atoms with van der Waals surface area (Å²) in [6, 6.07) is 0. The highest BCUT2D eigenvalue weighted by atomic mass is 32.1. The summed E-state index contributed by atoms with van der Waals surface area (Å²) in [5, 5.41) is 12.4. The predicted molar refractivity (Wildman–Crippen MR) is 91.3 cm³/mol. The van der Waals surface area contributed by atoms with Crippen LogP contribution in [-0.2, 0) is 17.8 Å². The fourth-order valence-corrected chi connectivity index (χ4v) is 3.83. The van der Waals surface area contributed by atoms with E-state index in [-0.39, 0.29) is 18.0 Å². The average Bonchev–Trinajstić information content (AvgIpc) is 3.08. The van der Waals surface area contributed by atoms with E-state index in [1.165, 1.54) is 33.6 Å².